The van der Waals surface area contributed by atoms with Crippen molar-refractivity contribution in [2.45, 2.75) is 46.2 Å². The second-order valence-corrected chi connectivity index (χ2v) is 4.41. The molecule has 1 aromatic heterocycles. The van der Waals surface area contributed by atoms with E-state index in [1.807, 2.05) is 0 Å². The van der Waals surface area contributed by atoms with E-state index < -0.39 is 0 Å². The highest BCUT2D eigenvalue weighted by Gasteiger charge is 2.09. The third kappa shape index (κ3) is 4.13. The van der Waals surface area contributed by atoms with Crippen LogP contribution < -0.4 is 5.73 Å². The normalized spacial score (nSPS) is 11.6. The van der Waals surface area contributed by atoms with Crippen molar-refractivity contribution in [3.05, 3.63) is 18.0 Å². The first-order valence-corrected chi connectivity index (χ1v) is 6.71. The van der Waals surface area contributed by atoms with Crippen LogP contribution in [0.5, 0.6) is 0 Å². The molecule has 17 heavy (non-hydrogen) atoms. The second-order valence-electron chi connectivity index (χ2n) is 4.41. The maximum Gasteiger partial charge on any atom is 0.0764 e. The van der Waals surface area contributed by atoms with Crippen LogP contribution >= 0.6 is 0 Å². The number of nitrogens with zero attached hydrogens (tertiary/aromatic N) is 3. The highest BCUT2D eigenvalue weighted by atomic mass is 15.3. The Morgan fingerprint density at radius 3 is 2.59 bits per heavy atom. The average molecular weight is 238 g/mol. The molecule has 4 heteroatoms. The number of hydrogen-bond donors (Lipinski definition) is 1. The molecule has 0 aliphatic rings. The van der Waals surface area contributed by atoms with Gasteiger partial charge in [0.05, 0.1) is 11.7 Å². The van der Waals surface area contributed by atoms with Crippen LogP contribution in [0.1, 0.15) is 45.3 Å². The van der Waals surface area contributed by atoms with Gasteiger partial charge in [0.1, 0.15) is 0 Å². The molecular weight excluding hydrogens is 212 g/mol. The molecular formula is C13H26N4. The fourth-order valence-electron chi connectivity index (χ4n) is 2.09. The van der Waals surface area contributed by atoms with Gasteiger partial charge in [-0.3, -0.25) is 9.58 Å². The Morgan fingerprint density at radius 1 is 1.35 bits per heavy atom. The van der Waals surface area contributed by atoms with Crippen LogP contribution in [0.15, 0.2) is 12.3 Å². The number of likely N-dealkylation sites (N-methyl/N-ethyl adjacent to an activating group) is 1. The minimum atomic E-state index is 0.535. The van der Waals surface area contributed by atoms with Crippen molar-refractivity contribution in [3.63, 3.8) is 0 Å². The quantitative estimate of drug-likeness (QED) is 0.754. The molecule has 1 aromatic rings. The van der Waals surface area contributed by atoms with E-state index in [1.165, 1.54) is 0 Å². The Morgan fingerprint density at radius 2 is 2.06 bits per heavy atom. The van der Waals surface area contributed by atoms with E-state index in [1.54, 1.807) is 0 Å². The zero-order chi connectivity index (χ0) is 12.7. The number of rotatable bonds is 8. The molecule has 0 bridgehead atoms. The smallest absolute Gasteiger partial charge is 0.0764 e. The molecule has 2 N–H and O–H groups in total. The van der Waals surface area contributed by atoms with Crippen LogP contribution in [0.4, 0.5) is 0 Å². The molecule has 1 rings (SSSR count). The summed E-state index contributed by atoms with van der Waals surface area (Å²) >= 11 is 0. The van der Waals surface area contributed by atoms with Gasteiger partial charge in [-0.25, -0.2) is 0 Å². The molecule has 0 atom stereocenters. The molecule has 0 amide bonds. The lowest BCUT2D eigenvalue weighted by Gasteiger charge is -2.18. The summed E-state index contributed by atoms with van der Waals surface area (Å²) in [7, 11) is 0. The van der Waals surface area contributed by atoms with Gasteiger partial charge in [-0.2, -0.15) is 5.10 Å². The molecule has 1 heterocycles. The summed E-state index contributed by atoms with van der Waals surface area (Å²) in [6.07, 6.45) is 4.37. The van der Waals surface area contributed by atoms with E-state index in [-0.39, 0.29) is 0 Å². The van der Waals surface area contributed by atoms with E-state index in [0.29, 0.717) is 12.6 Å². The van der Waals surface area contributed by atoms with Crippen molar-refractivity contribution >= 4 is 0 Å². The lowest BCUT2D eigenvalue weighted by Crippen LogP contribution is -2.29. The van der Waals surface area contributed by atoms with Crippen molar-refractivity contribution < 1.29 is 0 Å². The third-order valence-corrected chi connectivity index (χ3v) is 3.26. The van der Waals surface area contributed by atoms with Crippen molar-refractivity contribution in [1.82, 2.24) is 14.7 Å². The first-order chi connectivity index (χ1) is 8.24. The summed E-state index contributed by atoms with van der Waals surface area (Å²) in [4.78, 5) is 2.32. The molecule has 0 aliphatic heterocycles. The van der Waals surface area contributed by atoms with Crippen molar-refractivity contribution in [2.75, 3.05) is 19.6 Å². The van der Waals surface area contributed by atoms with Gasteiger partial charge in [0.15, 0.2) is 0 Å². The van der Waals surface area contributed by atoms with Gasteiger partial charge < -0.3 is 5.73 Å². The Hall–Kier alpha value is -0.870. The lowest BCUT2D eigenvalue weighted by atomic mass is 10.2. The molecule has 0 radical (unpaired) electrons. The van der Waals surface area contributed by atoms with Gasteiger partial charge in [-0.1, -0.05) is 20.8 Å². The summed E-state index contributed by atoms with van der Waals surface area (Å²) in [5.41, 5.74) is 6.73. The van der Waals surface area contributed by atoms with E-state index in [9.17, 15) is 0 Å². The maximum absolute atomic E-state index is 5.59. The molecule has 4 nitrogen and oxygen atoms in total. The highest BCUT2D eigenvalue weighted by molar-refractivity contribution is 4.99. The topological polar surface area (TPSA) is 47.1 Å². The van der Waals surface area contributed by atoms with Gasteiger partial charge in [0.2, 0.25) is 0 Å². The largest absolute Gasteiger partial charge is 0.329 e. The molecule has 0 spiro atoms. The fourth-order valence-corrected chi connectivity index (χ4v) is 2.09. The van der Waals surface area contributed by atoms with Crippen molar-refractivity contribution in [1.29, 1.82) is 0 Å². The van der Waals surface area contributed by atoms with Crippen molar-refractivity contribution in [2.24, 2.45) is 5.73 Å². The molecule has 0 aromatic carbocycles. The lowest BCUT2D eigenvalue weighted by molar-refractivity contribution is 0.282. The van der Waals surface area contributed by atoms with Gasteiger partial charge in [-0.05, 0) is 25.5 Å². The monoisotopic (exact) mass is 238 g/mol. The Labute approximate surface area is 105 Å². The number of aromatic nitrogens is 2. The standard InChI is InChI=1S/C13H26N4/c1-4-13(5-2)17-9-7-12(15-17)11-16(6-3)10-8-14/h7,9,13H,4-6,8,10-11,14H2,1-3H3. The van der Waals surface area contributed by atoms with Crippen LogP contribution in [0, 0.1) is 0 Å². The zero-order valence-corrected chi connectivity index (χ0v) is 11.4. The Kier molecular flexibility index (Phi) is 6.22. The second kappa shape index (κ2) is 7.45. The molecule has 0 aliphatic carbocycles. The summed E-state index contributed by atoms with van der Waals surface area (Å²) < 4.78 is 2.10. The van der Waals surface area contributed by atoms with E-state index in [2.05, 4.69) is 47.7 Å². The summed E-state index contributed by atoms with van der Waals surface area (Å²) in [6.45, 7) is 10.2. The molecule has 0 fully saturated rings. The van der Waals surface area contributed by atoms with Crippen molar-refractivity contribution in [3.8, 4) is 0 Å². The minimum absolute atomic E-state index is 0.535. The first kappa shape index (κ1) is 14.2. The van der Waals surface area contributed by atoms with Gasteiger partial charge in [-0.15, -0.1) is 0 Å². The van der Waals surface area contributed by atoms with E-state index in [4.69, 9.17) is 5.73 Å². The molecule has 98 valence electrons. The Balaban J connectivity index is 2.60. The summed E-state index contributed by atoms with van der Waals surface area (Å²) in [5, 5.41) is 4.66. The van der Waals surface area contributed by atoms with E-state index in [0.717, 1.165) is 38.2 Å². The van der Waals surface area contributed by atoms with Gasteiger partial charge in [0, 0.05) is 25.8 Å². The molecule has 0 saturated heterocycles. The molecule has 0 saturated carbocycles. The predicted octanol–water partition coefficient (Wildman–Crippen LogP) is 2.02. The van der Waals surface area contributed by atoms with Crippen LogP contribution in [-0.4, -0.2) is 34.3 Å². The fraction of sp³-hybridized carbons (Fsp3) is 0.769. The van der Waals surface area contributed by atoms with Gasteiger partial charge >= 0.3 is 0 Å². The van der Waals surface area contributed by atoms with Gasteiger partial charge in [0.25, 0.3) is 0 Å². The highest BCUT2D eigenvalue weighted by Crippen LogP contribution is 2.14. The Bertz CT molecular complexity index is 304. The SMILES string of the molecule is CCC(CC)n1ccc(CN(CC)CCN)n1. The minimum Gasteiger partial charge on any atom is -0.329 e. The van der Waals surface area contributed by atoms with Crippen LogP contribution in [0.3, 0.4) is 0 Å². The predicted molar refractivity (Wildman–Crippen MR) is 71.9 cm³/mol. The third-order valence-electron chi connectivity index (χ3n) is 3.26. The first-order valence-electron chi connectivity index (χ1n) is 6.71. The number of hydrogen-bond acceptors (Lipinski definition) is 3. The molecule has 0 unspecified atom stereocenters. The summed E-state index contributed by atoms with van der Waals surface area (Å²) in [5.74, 6) is 0. The van der Waals surface area contributed by atoms with E-state index >= 15 is 0 Å². The zero-order valence-electron chi connectivity index (χ0n) is 11.4. The maximum atomic E-state index is 5.59. The van der Waals surface area contributed by atoms with Crippen LogP contribution in [0.2, 0.25) is 0 Å². The summed E-state index contributed by atoms with van der Waals surface area (Å²) in [6, 6.07) is 2.66. The average Bonchev–Trinajstić information content (AvgIpc) is 2.79. The van der Waals surface area contributed by atoms with Crippen LogP contribution in [-0.2, 0) is 6.54 Å². The van der Waals surface area contributed by atoms with Crippen LogP contribution in [0.25, 0.3) is 0 Å². The number of nitrogens with two attached hydrogens (primary N) is 1.